The average Bonchev–Trinajstić information content (AvgIpc) is 2.42. The van der Waals surface area contributed by atoms with E-state index < -0.39 is 0 Å². The third-order valence-electron chi connectivity index (χ3n) is 1.23. The Morgan fingerprint density at radius 1 is 1.58 bits per heavy atom. The minimum Gasteiger partial charge on any atom is -0.676 e. The summed E-state index contributed by atoms with van der Waals surface area (Å²) in [6, 6.07) is 0. The second-order valence-electron chi connectivity index (χ2n) is 1.85. The zero-order chi connectivity index (χ0) is 8.69. The topological polar surface area (TPSA) is 53.3 Å². The van der Waals surface area contributed by atoms with Gasteiger partial charge in [0, 0.05) is 39.3 Å². The number of rotatable bonds is 2. The number of cyclic esters (lactones) is 1. The first kappa shape index (κ1) is 14.8. The molecule has 1 rings (SSSR count). The summed E-state index contributed by atoms with van der Waals surface area (Å²) in [6.07, 6.45) is -0.276. The summed E-state index contributed by atoms with van der Waals surface area (Å²) in [5.41, 5.74) is 6.81. The molecule has 1 heterocycles. The fourth-order valence-electron chi connectivity index (χ4n) is 0.764. The van der Waals surface area contributed by atoms with Crippen molar-refractivity contribution in [1.82, 2.24) is 4.90 Å². The first-order valence-electron chi connectivity index (χ1n) is 3.91. The van der Waals surface area contributed by atoms with Crippen LogP contribution in [-0.2, 0) is 37.4 Å². The van der Waals surface area contributed by atoms with Gasteiger partial charge >= 0.3 is 6.09 Å². The molecule has 1 aliphatic heterocycles. The van der Waals surface area contributed by atoms with E-state index in [9.17, 15) is 4.79 Å². The maximum atomic E-state index is 10.6. The van der Waals surface area contributed by atoms with Crippen LogP contribution in [0.25, 0.3) is 5.73 Å². The first-order chi connectivity index (χ1) is 5.34. The van der Waals surface area contributed by atoms with E-state index in [1.807, 2.05) is 13.8 Å². The van der Waals surface area contributed by atoms with Crippen molar-refractivity contribution >= 4 is 6.09 Å². The van der Waals surface area contributed by atoms with Gasteiger partial charge in [-0.25, -0.2) is 4.79 Å². The van der Waals surface area contributed by atoms with Gasteiger partial charge in [-0.1, -0.05) is 13.8 Å². The molecule has 0 atom stereocenters. The third-order valence-corrected chi connectivity index (χ3v) is 1.23. The van der Waals surface area contributed by atoms with Crippen LogP contribution < -0.4 is 0 Å². The van der Waals surface area contributed by atoms with Crippen LogP contribution in [0, 0.1) is 0 Å². The standard InChI is InChI=1S/C5H9N2O2.C2H6.Y/c6-1-2-7-3-4-9-5(7)8;1-2;/h6H,1-4H2;1-2H3;/q-1;;. The van der Waals surface area contributed by atoms with Crippen molar-refractivity contribution in [1.29, 1.82) is 0 Å². The number of carbonyl (C=O) groups excluding carboxylic acids is 1. The number of hydrogen-bond acceptors (Lipinski definition) is 2. The van der Waals surface area contributed by atoms with E-state index in [-0.39, 0.29) is 45.3 Å². The van der Waals surface area contributed by atoms with E-state index in [0.717, 1.165) is 0 Å². The molecule has 1 saturated heterocycles. The van der Waals surface area contributed by atoms with E-state index in [2.05, 4.69) is 4.74 Å². The van der Waals surface area contributed by atoms with Crippen LogP contribution in [-0.4, -0.2) is 37.2 Å². The number of nitrogens with one attached hydrogen (secondary N) is 1. The zero-order valence-electron chi connectivity index (χ0n) is 7.67. The van der Waals surface area contributed by atoms with Crippen molar-refractivity contribution < 1.29 is 42.2 Å². The summed E-state index contributed by atoms with van der Waals surface area (Å²) >= 11 is 0. The summed E-state index contributed by atoms with van der Waals surface area (Å²) < 4.78 is 4.62. The van der Waals surface area contributed by atoms with Crippen LogP contribution in [0.1, 0.15) is 13.8 Å². The van der Waals surface area contributed by atoms with Crippen molar-refractivity contribution in [2.45, 2.75) is 13.8 Å². The molecule has 5 heteroatoms. The van der Waals surface area contributed by atoms with Crippen LogP contribution >= 0.6 is 0 Å². The molecule has 1 radical (unpaired) electrons. The predicted octanol–water partition coefficient (Wildman–Crippen LogP) is 1.51. The van der Waals surface area contributed by atoms with Gasteiger partial charge in [0.15, 0.2) is 0 Å². The molecule has 0 saturated carbocycles. The summed E-state index contributed by atoms with van der Waals surface area (Å²) in [5.74, 6) is 0. The molecule has 0 bridgehead atoms. The van der Waals surface area contributed by atoms with Gasteiger partial charge in [-0.05, 0) is 0 Å². The van der Waals surface area contributed by atoms with E-state index >= 15 is 0 Å². The molecule has 0 aromatic carbocycles. The normalized spacial score (nSPS) is 14.2. The van der Waals surface area contributed by atoms with Gasteiger partial charge in [-0.2, -0.15) is 0 Å². The minimum absolute atomic E-state index is 0. The van der Waals surface area contributed by atoms with E-state index in [1.165, 1.54) is 4.90 Å². The molecule has 0 unspecified atom stereocenters. The second kappa shape index (κ2) is 9.42. The van der Waals surface area contributed by atoms with Gasteiger partial charge in [-0.15, -0.1) is 6.54 Å². The Labute approximate surface area is 98.7 Å². The molecule has 1 fully saturated rings. The quantitative estimate of drug-likeness (QED) is 0.743. The number of nitrogens with zero attached hydrogens (tertiary/aromatic N) is 1. The Bertz CT molecular complexity index is 122. The van der Waals surface area contributed by atoms with Gasteiger partial charge in [0.1, 0.15) is 6.61 Å². The van der Waals surface area contributed by atoms with Gasteiger partial charge in [0.05, 0.1) is 6.54 Å². The first-order valence-corrected chi connectivity index (χ1v) is 3.91. The Kier molecular flexibility index (Phi) is 11.6. The molecule has 0 aromatic rings. The monoisotopic (exact) mass is 248 g/mol. The summed E-state index contributed by atoms with van der Waals surface area (Å²) in [4.78, 5) is 12.1. The Morgan fingerprint density at radius 3 is 2.50 bits per heavy atom. The van der Waals surface area contributed by atoms with Crippen molar-refractivity contribution in [3.8, 4) is 0 Å². The predicted molar refractivity (Wildman–Crippen MR) is 43.5 cm³/mol. The fourth-order valence-corrected chi connectivity index (χ4v) is 0.764. The summed E-state index contributed by atoms with van der Waals surface area (Å²) in [5, 5.41) is 0. The number of carbonyl (C=O) groups is 1. The van der Waals surface area contributed by atoms with Crippen molar-refractivity contribution in [2.75, 3.05) is 26.2 Å². The molecular formula is C7H15N2O2Y-. The number of amides is 1. The molecule has 12 heavy (non-hydrogen) atoms. The van der Waals surface area contributed by atoms with Crippen LogP contribution in [0.2, 0.25) is 0 Å². The summed E-state index contributed by atoms with van der Waals surface area (Å²) in [6.45, 7) is 5.89. The maximum Gasteiger partial charge on any atom is 0.409 e. The molecule has 1 aliphatic rings. The molecular weight excluding hydrogens is 233 g/mol. The fraction of sp³-hybridized carbons (Fsp3) is 0.857. The largest absolute Gasteiger partial charge is 0.676 e. The van der Waals surface area contributed by atoms with Crippen LogP contribution in [0.15, 0.2) is 0 Å². The van der Waals surface area contributed by atoms with Crippen LogP contribution in [0.5, 0.6) is 0 Å². The Morgan fingerprint density at radius 2 is 2.17 bits per heavy atom. The average molecular weight is 248 g/mol. The Hall–Kier alpha value is 0.334. The molecule has 4 nitrogen and oxygen atoms in total. The number of hydrogen-bond donors (Lipinski definition) is 0. The molecule has 1 amide bonds. The minimum atomic E-state index is -0.276. The molecule has 1 N–H and O–H groups in total. The second-order valence-corrected chi connectivity index (χ2v) is 1.85. The zero-order valence-corrected chi connectivity index (χ0v) is 10.5. The van der Waals surface area contributed by atoms with E-state index in [0.29, 0.717) is 19.7 Å². The summed E-state index contributed by atoms with van der Waals surface area (Å²) in [7, 11) is 0. The van der Waals surface area contributed by atoms with Crippen molar-refractivity contribution in [3.63, 3.8) is 0 Å². The van der Waals surface area contributed by atoms with E-state index in [1.54, 1.807) is 0 Å². The van der Waals surface area contributed by atoms with Crippen molar-refractivity contribution in [2.24, 2.45) is 0 Å². The third kappa shape index (κ3) is 5.06. The van der Waals surface area contributed by atoms with Gasteiger partial charge < -0.3 is 15.4 Å². The maximum absolute atomic E-state index is 10.6. The SMILES string of the molecule is CC.[NH-]CCN1CCOC1=O.[Y]. The Balaban J connectivity index is 0. The number of ether oxygens (including phenoxy) is 1. The van der Waals surface area contributed by atoms with E-state index in [4.69, 9.17) is 5.73 Å². The van der Waals surface area contributed by atoms with Crippen molar-refractivity contribution in [3.05, 3.63) is 5.73 Å². The molecule has 0 spiro atoms. The van der Waals surface area contributed by atoms with Gasteiger partial charge in [0.25, 0.3) is 0 Å². The van der Waals surface area contributed by atoms with Gasteiger partial charge in [0.2, 0.25) is 0 Å². The molecule has 0 aromatic heterocycles. The van der Waals surface area contributed by atoms with Crippen LogP contribution in [0.3, 0.4) is 0 Å². The van der Waals surface area contributed by atoms with Gasteiger partial charge in [-0.3, -0.25) is 0 Å². The molecule has 0 aliphatic carbocycles. The van der Waals surface area contributed by atoms with Crippen LogP contribution in [0.4, 0.5) is 4.79 Å². The molecule has 69 valence electrons. The smallest absolute Gasteiger partial charge is 0.409 e.